The number of sulfonamides is 1. The zero-order valence-corrected chi connectivity index (χ0v) is 17.1. The Hall–Kier alpha value is 0.0500. The smallest absolute Gasteiger partial charge is 0.218 e. The van der Waals surface area contributed by atoms with E-state index in [9.17, 15) is 13.5 Å². The average molecular weight is 448 g/mol. The summed E-state index contributed by atoms with van der Waals surface area (Å²) < 4.78 is 26.9. The van der Waals surface area contributed by atoms with Gasteiger partial charge in [0.1, 0.15) is 10.8 Å². The molecule has 25 heavy (non-hydrogen) atoms. The molecule has 0 bridgehead atoms. The van der Waals surface area contributed by atoms with E-state index in [1.165, 1.54) is 4.31 Å². The minimum atomic E-state index is -3.31. The van der Waals surface area contributed by atoms with Crippen LogP contribution in [0.2, 0.25) is 20.1 Å². The van der Waals surface area contributed by atoms with Crippen LogP contribution in [-0.2, 0) is 10.0 Å². The molecule has 2 heterocycles. The Morgan fingerprint density at radius 3 is 2.12 bits per heavy atom. The molecule has 0 saturated carbocycles. The summed E-state index contributed by atoms with van der Waals surface area (Å²) in [5.41, 5.74) is 0.445. The molecule has 2 saturated heterocycles. The predicted molar refractivity (Wildman–Crippen MR) is 102 cm³/mol. The maximum atomic E-state index is 12.7. The highest BCUT2D eigenvalue weighted by molar-refractivity contribution is 7.89. The van der Waals surface area contributed by atoms with Crippen molar-refractivity contribution in [2.75, 3.05) is 26.2 Å². The Balaban J connectivity index is 1.79. The van der Waals surface area contributed by atoms with Gasteiger partial charge in [-0.2, -0.15) is 0 Å². The molecule has 1 unspecified atom stereocenters. The lowest BCUT2D eigenvalue weighted by atomic mass is 9.89. The molecule has 0 aliphatic carbocycles. The highest BCUT2D eigenvalue weighted by Gasteiger charge is 2.37. The van der Waals surface area contributed by atoms with E-state index in [4.69, 9.17) is 46.4 Å². The molecule has 0 amide bonds. The first-order valence-corrected chi connectivity index (χ1v) is 11.0. The minimum absolute atomic E-state index is 0.0170. The predicted octanol–water partition coefficient (Wildman–Crippen LogP) is 3.88. The fourth-order valence-electron chi connectivity index (χ4n) is 3.50. The van der Waals surface area contributed by atoms with E-state index in [-0.39, 0.29) is 37.0 Å². The Kier molecular flexibility index (Phi) is 6.01. The monoisotopic (exact) mass is 446 g/mol. The molecular formula is C15H18Cl4N2O3S. The summed E-state index contributed by atoms with van der Waals surface area (Å²) in [5.74, 6) is -0.310. The van der Waals surface area contributed by atoms with Crippen LogP contribution in [0.25, 0.3) is 0 Å². The third-order valence-electron chi connectivity index (χ3n) is 4.94. The Bertz CT molecular complexity index is 744. The van der Waals surface area contributed by atoms with Crippen LogP contribution >= 0.6 is 46.4 Å². The van der Waals surface area contributed by atoms with Gasteiger partial charge in [0.25, 0.3) is 0 Å². The summed E-state index contributed by atoms with van der Waals surface area (Å²) >= 11 is 24.3. The van der Waals surface area contributed by atoms with Crippen molar-refractivity contribution in [2.24, 2.45) is 0 Å². The molecule has 1 aromatic carbocycles. The van der Waals surface area contributed by atoms with Gasteiger partial charge in [0, 0.05) is 25.2 Å². The van der Waals surface area contributed by atoms with Gasteiger partial charge in [-0.15, -0.1) is 0 Å². The van der Waals surface area contributed by atoms with Crippen LogP contribution in [0.4, 0.5) is 0 Å². The second-order valence-corrected chi connectivity index (χ2v) is 10.1. The number of rotatable bonds is 3. The molecular weight excluding hydrogens is 430 g/mol. The molecule has 2 aliphatic heterocycles. The molecule has 0 spiro atoms. The lowest BCUT2D eigenvalue weighted by Crippen LogP contribution is -2.43. The van der Waals surface area contributed by atoms with Crippen molar-refractivity contribution in [3.63, 3.8) is 0 Å². The Morgan fingerprint density at radius 1 is 0.960 bits per heavy atom. The number of hydrogen-bond acceptors (Lipinski definition) is 4. The molecule has 10 heteroatoms. The number of benzene rings is 1. The molecule has 5 nitrogen and oxygen atoms in total. The van der Waals surface area contributed by atoms with Crippen molar-refractivity contribution < 1.29 is 13.5 Å². The number of nitrogens with one attached hydrogen (secondary N) is 1. The van der Waals surface area contributed by atoms with Crippen molar-refractivity contribution >= 4 is 56.4 Å². The van der Waals surface area contributed by atoms with E-state index >= 15 is 0 Å². The fraction of sp³-hybridized carbons (Fsp3) is 0.600. The summed E-state index contributed by atoms with van der Waals surface area (Å²) in [5, 5.41) is 13.3. The van der Waals surface area contributed by atoms with Crippen LogP contribution in [0.3, 0.4) is 0 Å². The number of nitrogens with zero attached hydrogens (tertiary/aromatic N) is 1. The lowest BCUT2D eigenvalue weighted by molar-refractivity contribution is 0.312. The van der Waals surface area contributed by atoms with E-state index in [1.54, 1.807) is 0 Å². The van der Waals surface area contributed by atoms with Gasteiger partial charge < -0.3 is 10.4 Å². The first-order chi connectivity index (χ1) is 11.7. The van der Waals surface area contributed by atoms with Crippen molar-refractivity contribution in [3.8, 4) is 5.75 Å². The first-order valence-electron chi connectivity index (χ1n) is 7.99. The number of phenols is 1. The van der Waals surface area contributed by atoms with Gasteiger partial charge in [0.05, 0.1) is 20.3 Å². The zero-order valence-electron chi connectivity index (χ0n) is 13.2. The lowest BCUT2D eigenvalue weighted by Gasteiger charge is -2.33. The molecule has 3 rings (SSSR count). The number of phenolic OH excluding ortho intramolecular Hbond substituents is 1. The van der Waals surface area contributed by atoms with Crippen molar-refractivity contribution in [1.82, 2.24) is 9.62 Å². The topological polar surface area (TPSA) is 69.6 Å². The molecule has 140 valence electrons. The van der Waals surface area contributed by atoms with Crippen LogP contribution in [0.1, 0.15) is 30.7 Å². The third kappa shape index (κ3) is 3.59. The highest BCUT2D eigenvalue weighted by Crippen LogP contribution is 2.49. The number of hydrogen-bond donors (Lipinski definition) is 2. The third-order valence-corrected chi connectivity index (χ3v) is 9.07. The van der Waals surface area contributed by atoms with E-state index < -0.39 is 10.0 Å². The van der Waals surface area contributed by atoms with Gasteiger partial charge in [0.2, 0.25) is 10.0 Å². The first kappa shape index (κ1) is 19.8. The quantitative estimate of drug-likeness (QED) is 0.544. The number of halogens is 4. The van der Waals surface area contributed by atoms with Crippen LogP contribution in [0.5, 0.6) is 5.75 Å². The second-order valence-electron chi connectivity index (χ2n) is 6.35. The highest BCUT2D eigenvalue weighted by atomic mass is 35.5. The largest absolute Gasteiger partial charge is 0.506 e. The SMILES string of the molecule is O=S(=O)(C1CCNC1)N1CCC(c2c(O)c(Cl)c(Cl)c(Cl)c2Cl)CC1. The molecule has 1 aromatic rings. The number of aromatic hydroxyl groups is 1. The van der Waals surface area contributed by atoms with Crippen LogP contribution < -0.4 is 5.32 Å². The van der Waals surface area contributed by atoms with Gasteiger partial charge in [-0.05, 0) is 31.7 Å². The van der Waals surface area contributed by atoms with Crippen LogP contribution in [0.15, 0.2) is 0 Å². The fourth-order valence-corrected chi connectivity index (χ4v) is 6.40. The normalized spacial score (nSPS) is 23.3. The van der Waals surface area contributed by atoms with Crippen molar-refractivity contribution in [2.45, 2.75) is 30.4 Å². The summed E-state index contributed by atoms with van der Waals surface area (Å²) in [4.78, 5) is 0. The molecule has 1 atom stereocenters. The van der Waals surface area contributed by atoms with Crippen molar-refractivity contribution in [3.05, 3.63) is 25.7 Å². The Labute approximate surface area is 167 Å². The van der Waals surface area contributed by atoms with E-state index in [0.717, 1.165) is 6.54 Å². The maximum absolute atomic E-state index is 12.7. The van der Waals surface area contributed by atoms with E-state index in [2.05, 4.69) is 5.32 Å². The van der Waals surface area contributed by atoms with Gasteiger partial charge in [-0.25, -0.2) is 12.7 Å². The molecule has 2 aliphatic rings. The van der Waals surface area contributed by atoms with Crippen LogP contribution in [-0.4, -0.2) is 49.3 Å². The maximum Gasteiger partial charge on any atom is 0.218 e. The van der Waals surface area contributed by atoms with Crippen molar-refractivity contribution in [1.29, 1.82) is 0 Å². The van der Waals surface area contributed by atoms with Crippen LogP contribution in [0, 0.1) is 0 Å². The summed E-state index contributed by atoms with van der Waals surface area (Å²) in [7, 11) is -3.31. The van der Waals surface area contributed by atoms with Gasteiger partial charge in [-0.1, -0.05) is 46.4 Å². The van der Waals surface area contributed by atoms with Gasteiger partial charge in [-0.3, -0.25) is 0 Å². The standard InChI is InChI=1S/C15H18Cl4N2O3S/c16-11-10(15(22)14(19)13(18)12(11)17)8-2-5-21(6-3-8)25(23,24)9-1-4-20-7-9/h8-9,20,22H,1-7H2. The van der Waals surface area contributed by atoms with Gasteiger partial charge in [0.15, 0.2) is 0 Å². The average Bonchev–Trinajstić information content (AvgIpc) is 3.14. The molecule has 2 fully saturated rings. The summed E-state index contributed by atoms with van der Waals surface area (Å²) in [6.07, 6.45) is 1.69. The molecule has 0 aromatic heterocycles. The molecule has 0 radical (unpaired) electrons. The summed E-state index contributed by atoms with van der Waals surface area (Å²) in [6, 6.07) is 0. The van der Waals surface area contributed by atoms with E-state index in [0.29, 0.717) is 44.5 Å². The van der Waals surface area contributed by atoms with E-state index in [1.807, 2.05) is 0 Å². The number of piperidine rings is 1. The molecule has 2 N–H and O–H groups in total. The second kappa shape index (κ2) is 7.58. The zero-order chi connectivity index (χ0) is 18.4. The Morgan fingerprint density at radius 2 is 1.56 bits per heavy atom. The minimum Gasteiger partial charge on any atom is -0.506 e. The van der Waals surface area contributed by atoms with Gasteiger partial charge >= 0.3 is 0 Å². The summed E-state index contributed by atoms with van der Waals surface area (Å²) in [6.45, 7) is 1.97.